The lowest BCUT2D eigenvalue weighted by atomic mass is 10.1. The van der Waals surface area contributed by atoms with Gasteiger partial charge in [-0.3, -0.25) is 0 Å². The number of alkyl halides is 1. The van der Waals surface area contributed by atoms with Crippen LogP contribution in [0.4, 0.5) is 11.4 Å². The largest absolute Gasteiger partial charge is 0.456 e. The number of esters is 1. The van der Waals surface area contributed by atoms with Gasteiger partial charge in [-0.1, -0.05) is 0 Å². The van der Waals surface area contributed by atoms with Crippen molar-refractivity contribution in [3.8, 4) is 0 Å². The Morgan fingerprint density at radius 3 is 2.78 bits per heavy atom. The van der Waals surface area contributed by atoms with Crippen LogP contribution in [0.2, 0.25) is 0 Å². The Morgan fingerprint density at radius 2 is 2.22 bits per heavy atom. The fourth-order valence-electron chi connectivity index (χ4n) is 2.78. The van der Waals surface area contributed by atoms with Gasteiger partial charge in [-0.05, 0) is 45.4 Å². The monoisotopic (exact) mass is 338 g/mol. The zero-order valence-corrected chi connectivity index (χ0v) is 14.5. The van der Waals surface area contributed by atoms with Crippen LogP contribution in [-0.2, 0) is 9.47 Å². The van der Waals surface area contributed by atoms with E-state index in [9.17, 15) is 4.79 Å². The number of hydrogen-bond acceptors (Lipinski definition) is 5. The number of carbonyl (C=O) groups is 1. The maximum atomic E-state index is 12.3. The minimum absolute atomic E-state index is 0.0183. The maximum Gasteiger partial charge on any atom is 0.338 e. The van der Waals surface area contributed by atoms with Gasteiger partial charge in [-0.25, -0.2) is 4.79 Å². The van der Waals surface area contributed by atoms with Gasteiger partial charge in [0.15, 0.2) is 0 Å². The third-order valence-corrected chi connectivity index (χ3v) is 4.27. The zero-order chi connectivity index (χ0) is 16.6. The zero-order valence-electron chi connectivity index (χ0n) is 13.8. The minimum Gasteiger partial charge on any atom is -0.456 e. The van der Waals surface area contributed by atoms with E-state index in [1.807, 2.05) is 32.9 Å². The molecule has 0 aromatic heterocycles. The third-order valence-electron chi connectivity index (χ3n) is 3.98. The molecule has 1 unspecified atom stereocenters. The van der Waals surface area contributed by atoms with Crippen LogP contribution in [0.15, 0.2) is 18.2 Å². The summed E-state index contributed by atoms with van der Waals surface area (Å²) < 4.78 is 11.0. The highest BCUT2D eigenvalue weighted by Crippen LogP contribution is 2.37. The van der Waals surface area contributed by atoms with Crippen LogP contribution in [0.25, 0.3) is 0 Å². The fourth-order valence-corrected chi connectivity index (χ4v) is 3.02. The summed E-state index contributed by atoms with van der Waals surface area (Å²) in [5.41, 5.74) is 2.01. The third kappa shape index (κ3) is 3.56. The Morgan fingerprint density at radius 1 is 1.48 bits per heavy atom. The summed E-state index contributed by atoms with van der Waals surface area (Å²) in [5.74, 6) is 0.151. The first-order valence-corrected chi connectivity index (χ1v) is 8.49. The average Bonchev–Trinajstić information content (AvgIpc) is 2.77. The standard InChI is InChI=1S/C17H23ClN2O3/c1-17(2,3)23-16(21)11-4-5-13-14(8-11)20(15(9-18)19-13)10-12-6-7-22-12/h4-5,8,12,15,19H,6-7,9-10H2,1-3H3/t12-,15?/m0/s1. The average molecular weight is 339 g/mol. The summed E-state index contributed by atoms with van der Waals surface area (Å²) in [6.45, 7) is 7.19. The summed E-state index contributed by atoms with van der Waals surface area (Å²) in [5, 5.41) is 3.39. The smallest absolute Gasteiger partial charge is 0.338 e. The molecule has 0 bridgehead atoms. The van der Waals surface area contributed by atoms with Crippen molar-refractivity contribution >= 4 is 28.9 Å². The van der Waals surface area contributed by atoms with Crippen molar-refractivity contribution in [2.75, 3.05) is 29.2 Å². The molecule has 2 heterocycles. The van der Waals surface area contributed by atoms with Crippen molar-refractivity contribution in [1.82, 2.24) is 0 Å². The Kier molecular flexibility index (Phi) is 4.43. The SMILES string of the molecule is CC(C)(C)OC(=O)c1ccc2c(c1)N(C[C@@H]1CCO1)C(CCl)N2. The topological polar surface area (TPSA) is 50.8 Å². The highest BCUT2D eigenvalue weighted by atomic mass is 35.5. The van der Waals surface area contributed by atoms with Crippen LogP contribution >= 0.6 is 11.6 Å². The summed E-state index contributed by atoms with van der Waals surface area (Å²) in [6, 6.07) is 5.58. The molecule has 1 fully saturated rings. The number of nitrogens with one attached hydrogen (secondary N) is 1. The van der Waals surface area contributed by atoms with Gasteiger partial charge >= 0.3 is 5.97 Å². The van der Waals surface area contributed by atoms with Gasteiger partial charge in [0.1, 0.15) is 11.8 Å². The molecule has 1 saturated heterocycles. The van der Waals surface area contributed by atoms with Crippen molar-refractivity contribution in [3.05, 3.63) is 23.8 Å². The molecule has 2 atom stereocenters. The lowest BCUT2D eigenvalue weighted by molar-refractivity contribution is -0.0448. The fraction of sp³-hybridized carbons (Fsp3) is 0.588. The lowest BCUT2D eigenvalue weighted by Crippen LogP contribution is -2.45. The number of rotatable bonds is 4. The molecular weight excluding hydrogens is 316 g/mol. The molecule has 2 aliphatic rings. The first-order valence-electron chi connectivity index (χ1n) is 7.95. The van der Waals surface area contributed by atoms with Crippen molar-refractivity contribution in [2.45, 2.75) is 45.1 Å². The van der Waals surface area contributed by atoms with Gasteiger partial charge in [0.05, 0.1) is 28.9 Å². The van der Waals surface area contributed by atoms with Gasteiger partial charge in [0, 0.05) is 13.2 Å². The number of fused-ring (bicyclic) bond motifs is 1. The second-order valence-corrected chi connectivity index (χ2v) is 7.29. The first-order chi connectivity index (χ1) is 10.9. The number of hydrogen-bond donors (Lipinski definition) is 1. The van der Waals surface area contributed by atoms with Gasteiger partial charge in [-0.15, -0.1) is 11.6 Å². The molecular formula is C17H23ClN2O3. The van der Waals surface area contributed by atoms with E-state index >= 15 is 0 Å². The molecule has 2 aliphatic heterocycles. The predicted octanol–water partition coefficient (Wildman–Crippen LogP) is 3.23. The number of halogens is 1. The van der Waals surface area contributed by atoms with E-state index in [2.05, 4.69) is 10.2 Å². The van der Waals surface area contributed by atoms with Crippen molar-refractivity contribution in [1.29, 1.82) is 0 Å². The molecule has 5 nitrogen and oxygen atoms in total. The lowest BCUT2D eigenvalue weighted by Gasteiger charge is -2.34. The van der Waals surface area contributed by atoms with Crippen molar-refractivity contribution < 1.29 is 14.3 Å². The summed E-state index contributed by atoms with van der Waals surface area (Å²) in [4.78, 5) is 14.5. The molecule has 0 aliphatic carbocycles. The van der Waals surface area contributed by atoms with E-state index in [0.29, 0.717) is 11.4 Å². The van der Waals surface area contributed by atoms with E-state index in [1.165, 1.54) is 0 Å². The van der Waals surface area contributed by atoms with E-state index < -0.39 is 5.60 Å². The van der Waals surface area contributed by atoms with Crippen LogP contribution in [-0.4, -0.2) is 42.9 Å². The van der Waals surface area contributed by atoms with E-state index in [0.717, 1.165) is 30.9 Å². The van der Waals surface area contributed by atoms with E-state index in [4.69, 9.17) is 21.1 Å². The highest BCUT2D eigenvalue weighted by molar-refractivity contribution is 6.18. The molecule has 23 heavy (non-hydrogen) atoms. The van der Waals surface area contributed by atoms with Gasteiger partial charge < -0.3 is 19.7 Å². The van der Waals surface area contributed by atoms with Crippen molar-refractivity contribution in [3.63, 3.8) is 0 Å². The maximum absolute atomic E-state index is 12.3. The summed E-state index contributed by atoms with van der Waals surface area (Å²) in [7, 11) is 0. The predicted molar refractivity (Wildman–Crippen MR) is 91.4 cm³/mol. The Bertz CT molecular complexity index is 596. The van der Waals surface area contributed by atoms with Gasteiger partial charge in [0.25, 0.3) is 0 Å². The number of nitrogens with zero attached hydrogens (tertiary/aromatic N) is 1. The molecule has 1 N–H and O–H groups in total. The van der Waals surface area contributed by atoms with Crippen molar-refractivity contribution in [2.24, 2.45) is 0 Å². The second-order valence-electron chi connectivity index (χ2n) is 6.98. The molecule has 1 aromatic carbocycles. The molecule has 3 rings (SSSR count). The van der Waals surface area contributed by atoms with E-state index in [-0.39, 0.29) is 18.2 Å². The van der Waals surface area contributed by atoms with Crippen LogP contribution in [0.3, 0.4) is 0 Å². The Labute approximate surface area is 141 Å². The quantitative estimate of drug-likeness (QED) is 0.674. The van der Waals surface area contributed by atoms with Crippen LogP contribution in [0, 0.1) is 0 Å². The normalized spacial score (nSPS) is 23.0. The Hall–Kier alpha value is -1.46. The van der Waals surface area contributed by atoms with Crippen LogP contribution in [0.5, 0.6) is 0 Å². The second kappa shape index (κ2) is 6.21. The molecule has 0 saturated carbocycles. The van der Waals surface area contributed by atoms with Crippen LogP contribution in [0.1, 0.15) is 37.6 Å². The molecule has 1 aromatic rings. The molecule has 0 amide bonds. The number of ether oxygens (including phenoxy) is 2. The molecule has 0 spiro atoms. The van der Waals surface area contributed by atoms with Crippen LogP contribution < -0.4 is 10.2 Å². The summed E-state index contributed by atoms with van der Waals surface area (Å²) >= 11 is 6.09. The minimum atomic E-state index is -0.507. The number of anilines is 2. The highest BCUT2D eigenvalue weighted by Gasteiger charge is 2.33. The number of benzene rings is 1. The van der Waals surface area contributed by atoms with Gasteiger partial charge in [-0.2, -0.15) is 0 Å². The van der Waals surface area contributed by atoms with Gasteiger partial charge in [0.2, 0.25) is 0 Å². The molecule has 126 valence electrons. The Balaban J connectivity index is 1.83. The molecule has 6 heteroatoms. The number of carbonyl (C=O) groups excluding carboxylic acids is 1. The van der Waals surface area contributed by atoms with E-state index in [1.54, 1.807) is 6.07 Å². The summed E-state index contributed by atoms with van der Waals surface area (Å²) in [6.07, 6.45) is 1.32. The first kappa shape index (κ1) is 16.4. The molecule has 0 radical (unpaired) electrons.